The molecule has 0 radical (unpaired) electrons. The Hall–Kier alpha value is -1.91. The molecule has 0 saturated carbocycles. The van der Waals surface area contributed by atoms with Crippen LogP contribution in [0.15, 0.2) is 54.2 Å². The van der Waals surface area contributed by atoms with E-state index in [4.69, 9.17) is 11.6 Å². The topological polar surface area (TPSA) is 37.8 Å². The van der Waals surface area contributed by atoms with Crippen molar-refractivity contribution < 1.29 is 0 Å². The molecule has 94 valence electrons. The maximum Gasteiger partial charge on any atom is 0.188 e. The lowest BCUT2D eigenvalue weighted by Crippen LogP contribution is -1.92. The predicted molar refractivity (Wildman–Crippen MR) is 80.1 cm³/mol. The van der Waals surface area contributed by atoms with Crippen LogP contribution in [0.2, 0.25) is 5.02 Å². The van der Waals surface area contributed by atoms with Gasteiger partial charge >= 0.3 is 0 Å². The van der Waals surface area contributed by atoms with Crippen LogP contribution in [-0.4, -0.2) is 9.97 Å². The fraction of sp³-hybridized carbons (Fsp3) is 0. The minimum Gasteiger partial charge on any atom is -0.316 e. The monoisotopic (exact) mass is 287 g/mol. The fourth-order valence-electron chi connectivity index (χ4n) is 1.68. The Bertz CT molecular complexity index is 648. The zero-order valence-corrected chi connectivity index (χ0v) is 11.4. The van der Waals surface area contributed by atoms with Crippen LogP contribution < -0.4 is 5.32 Å². The molecule has 3 rings (SSSR count). The predicted octanol–water partition coefficient (Wildman–Crippen LogP) is 4.60. The Kier molecular flexibility index (Phi) is 3.44. The summed E-state index contributed by atoms with van der Waals surface area (Å²) in [7, 11) is 0. The summed E-state index contributed by atoms with van der Waals surface area (Å²) in [6.45, 7) is 0. The van der Waals surface area contributed by atoms with E-state index in [-0.39, 0.29) is 0 Å². The minimum atomic E-state index is 0.735. The van der Waals surface area contributed by atoms with Gasteiger partial charge in [-0.1, -0.05) is 23.7 Å². The molecule has 0 aliphatic carbocycles. The average Bonchev–Trinajstić information content (AvgIpc) is 2.94. The SMILES string of the molecule is Clc1ccc(-c2ccc(Nc3nccs3)nc2)cc1. The standard InChI is InChI=1S/C14H10ClN3S/c15-12-4-1-10(2-5-12)11-3-6-13(17-9-11)18-14-16-7-8-19-14/h1-9H,(H,16,17,18). The van der Waals surface area contributed by atoms with E-state index in [2.05, 4.69) is 15.3 Å². The van der Waals surface area contributed by atoms with Gasteiger partial charge in [0.25, 0.3) is 0 Å². The zero-order valence-electron chi connectivity index (χ0n) is 9.88. The number of rotatable bonds is 3. The molecule has 0 amide bonds. The first-order valence-corrected chi connectivity index (χ1v) is 6.95. The summed E-state index contributed by atoms with van der Waals surface area (Å²) < 4.78 is 0. The molecule has 2 heterocycles. The van der Waals surface area contributed by atoms with Crippen LogP contribution in [0, 0.1) is 0 Å². The highest BCUT2D eigenvalue weighted by molar-refractivity contribution is 7.13. The normalized spacial score (nSPS) is 10.4. The van der Waals surface area contributed by atoms with Gasteiger partial charge in [-0.2, -0.15) is 0 Å². The van der Waals surface area contributed by atoms with Crippen LogP contribution in [0.5, 0.6) is 0 Å². The van der Waals surface area contributed by atoms with Crippen molar-refractivity contribution in [3.8, 4) is 11.1 Å². The number of pyridine rings is 1. The van der Waals surface area contributed by atoms with E-state index in [1.165, 1.54) is 0 Å². The third-order valence-corrected chi connectivity index (χ3v) is 3.55. The summed E-state index contributed by atoms with van der Waals surface area (Å²) in [5.41, 5.74) is 2.15. The van der Waals surface area contributed by atoms with Crippen molar-refractivity contribution in [2.45, 2.75) is 0 Å². The molecule has 0 aliphatic heterocycles. The molecular formula is C14H10ClN3S. The largest absolute Gasteiger partial charge is 0.316 e. The third kappa shape index (κ3) is 2.92. The molecule has 1 N–H and O–H groups in total. The Labute approximate surface area is 119 Å². The number of anilines is 2. The maximum atomic E-state index is 5.87. The first kappa shape index (κ1) is 12.1. The van der Waals surface area contributed by atoms with Gasteiger partial charge in [0, 0.05) is 28.4 Å². The summed E-state index contributed by atoms with van der Waals surface area (Å²) in [5, 5.41) is 6.64. The highest BCUT2D eigenvalue weighted by Crippen LogP contribution is 2.23. The van der Waals surface area contributed by atoms with Crippen LogP contribution in [0.1, 0.15) is 0 Å². The van der Waals surface area contributed by atoms with Crippen molar-refractivity contribution in [1.82, 2.24) is 9.97 Å². The van der Waals surface area contributed by atoms with Crippen molar-refractivity contribution in [2.24, 2.45) is 0 Å². The van der Waals surface area contributed by atoms with E-state index < -0.39 is 0 Å². The molecule has 0 atom stereocenters. The Morgan fingerprint density at radius 1 is 0.947 bits per heavy atom. The third-order valence-electron chi connectivity index (χ3n) is 2.61. The fourth-order valence-corrected chi connectivity index (χ4v) is 2.34. The van der Waals surface area contributed by atoms with Gasteiger partial charge in [-0.25, -0.2) is 9.97 Å². The van der Waals surface area contributed by atoms with Gasteiger partial charge in [-0.15, -0.1) is 11.3 Å². The molecule has 0 saturated heterocycles. The van der Waals surface area contributed by atoms with Gasteiger partial charge in [0.1, 0.15) is 5.82 Å². The smallest absolute Gasteiger partial charge is 0.188 e. The summed E-state index contributed by atoms with van der Waals surface area (Å²) in [5.74, 6) is 0.785. The van der Waals surface area contributed by atoms with E-state index in [1.807, 2.05) is 48.0 Å². The highest BCUT2D eigenvalue weighted by Gasteiger charge is 2.01. The Balaban J connectivity index is 1.80. The van der Waals surface area contributed by atoms with Gasteiger partial charge in [0.05, 0.1) is 0 Å². The second-order valence-electron chi connectivity index (χ2n) is 3.90. The Morgan fingerprint density at radius 2 is 1.74 bits per heavy atom. The quantitative estimate of drug-likeness (QED) is 0.765. The summed E-state index contributed by atoms with van der Waals surface area (Å²) in [6, 6.07) is 11.7. The number of nitrogens with zero attached hydrogens (tertiary/aromatic N) is 2. The number of halogens is 1. The van der Waals surface area contributed by atoms with Crippen molar-refractivity contribution in [3.63, 3.8) is 0 Å². The van der Waals surface area contributed by atoms with Crippen molar-refractivity contribution in [2.75, 3.05) is 5.32 Å². The van der Waals surface area contributed by atoms with Gasteiger partial charge in [-0.05, 0) is 29.8 Å². The second kappa shape index (κ2) is 5.38. The van der Waals surface area contributed by atoms with Crippen LogP contribution >= 0.6 is 22.9 Å². The molecular weight excluding hydrogens is 278 g/mol. The number of thiazole rings is 1. The van der Waals surface area contributed by atoms with Crippen LogP contribution in [-0.2, 0) is 0 Å². The van der Waals surface area contributed by atoms with Gasteiger partial charge in [-0.3, -0.25) is 0 Å². The van der Waals surface area contributed by atoms with Crippen LogP contribution in [0.4, 0.5) is 10.9 Å². The number of nitrogens with one attached hydrogen (secondary N) is 1. The highest BCUT2D eigenvalue weighted by atomic mass is 35.5. The molecule has 0 spiro atoms. The van der Waals surface area contributed by atoms with E-state index in [0.717, 1.165) is 27.1 Å². The molecule has 3 aromatic rings. The van der Waals surface area contributed by atoms with Crippen LogP contribution in [0.25, 0.3) is 11.1 Å². The number of benzene rings is 1. The lowest BCUT2D eigenvalue weighted by atomic mass is 10.1. The van der Waals surface area contributed by atoms with Gasteiger partial charge in [0.15, 0.2) is 5.13 Å². The summed E-state index contributed by atoms with van der Waals surface area (Å²) >= 11 is 7.42. The van der Waals surface area contributed by atoms with E-state index >= 15 is 0 Å². The molecule has 1 aromatic carbocycles. The van der Waals surface area contributed by atoms with Crippen molar-refractivity contribution >= 4 is 33.9 Å². The maximum absolute atomic E-state index is 5.87. The number of aromatic nitrogens is 2. The summed E-state index contributed by atoms with van der Waals surface area (Å²) in [6.07, 6.45) is 3.59. The molecule has 0 bridgehead atoms. The molecule has 0 fully saturated rings. The van der Waals surface area contributed by atoms with Gasteiger partial charge < -0.3 is 5.32 Å². The lowest BCUT2D eigenvalue weighted by molar-refractivity contribution is 1.29. The van der Waals surface area contributed by atoms with Crippen molar-refractivity contribution in [1.29, 1.82) is 0 Å². The van der Waals surface area contributed by atoms with Gasteiger partial charge in [0.2, 0.25) is 0 Å². The Morgan fingerprint density at radius 3 is 2.37 bits per heavy atom. The molecule has 3 nitrogen and oxygen atoms in total. The zero-order chi connectivity index (χ0) is 13.1. The molecule has 2 aromatic heterocycles. The first-order chi connectivity index (χ1) is 9.31. The molecule has 0 unspecified atom stereocenters. The number of hydrogen-bond acceptors (Lipinski definition) is 4. The van der Waals surface area contributed by atoms with E-state index in [0.29, 0.717) is 0 Å². The second-order valence-corrected chi connectivity index (χ2v) is 5.23. The lowest BCUT2D eigenvalue weighted by Gasteiger charge is -2.04. The molecule has 19 heavy (non-hydrogen) atoms. The average molecular weight is 288 g/mol. The number of hydrogen-bond donors (Lipinski definition) is 1. The van der Waals surface area contributed by atoms with Crippen molar-refractivity contribution in [3.05, 3.63) is 59.2 Å². The summed E-state index contributed by atoms with van der Waals surface area (Å²) in [4.78, 5) is 8.53. The first-order valence-electron chi connectivity index (χ1n) is 5.70. The molecule has 0 aliphatic rings. The minimum absolute atomic E-state index is 0.735. The van der Waals surface area contributed by atoms with Crippen LogP contribution in [0.3, 0.4) is 0 Å². The van der Waals surface area contributed by atoms with E-state index in [1.54, 1.807) is 17.5 Å². The molecule has 5 heteroatoms. The van der Waals surface area contributed by atoms with E-state index in [9.17, 15) is 0 Å².